The van der Waals surface area contributed by atoms with Crippen molar-refractivity contribution in [3.8, 4) is 0 Å². The average molecular weight is 434 g/mol. The molecule has 0 spiro atoms. The van der Waals surface area contributed by atoms with Gasteiger partial charge in [-0.1, -0.05) is 0 Å². The molecule has 2 fully saturated rings. The third-order valence-corrected chi connectivity index (χ3v) is 7.58. The van der Waals surface area contributed by atoms with Crippen molar-refractivity contribution < 1.29 is 14.0 Å². The molecule has 2 aliphatic heterocycles. The van der Waals surface area contributed by atoms with Crippen LogP contribution < -0.4 is 0 Å². The van der Waals surface area contributed by atoms with Crippen molar-refractivity contribution in [3.63, 3.8) is 0 Å². The first-order chi connectivity index (χ1) is 14.0. The number of benzene rings is 1. The summed E-state index contributed by atoms with van der Waals surface area (Å²) in [5.74, 6) is -0.186. The number of hydrogen-bond donors (Lipinski definition) is 0. The van der Waals surface area contributed by atoms with Gasteiger partial charge in [0.15, 0.2) is 0 Å². The van der Waals surface area contributed by atoms with E-state index < -0.39 is 0 Å². The van der Waals surface area contributed by atoms with Crippen molar-refractivity contribution in [1.82, 2.24) is 14.7 Å². The van der Waals surface area contributed by atoms with Gasteiger partial charge >= 0.3 is 0 Å². The number of nitrogens with zero attached hydrogens (tertiary/aromatic N) is 3. The highest BCUT2D eigenvalue weighted by atomic mass is 32.2. The smallest absolute Gasteiger partial charge is 0.253 e. The lowest BCUT2D eigenvalue weighted by Gasteiger charge is -2.36. The minimum atomic E-state index is -0.337. The minimum absolute atomic E-state index is 0.00919. The predicted octanol–water partition coefficient (Wildman–Crippen LogP) is 3.31. The van der Waals surface area contributed by atoms with E-state index in [4.69, 9.17) is 0 Å². The van der Waals surface area contributed by atoms with Crippen molar-refractivity contribution in [2.75, 3.05) is 39.3 Å². The Labute approximate surface area is 178 Å². The Morgan fingerprint density at radius 3 is 2.48 bits per heavy atom. The summed E-state index contributed by atoms with van der Waals surface area (Å²) in [5.41, 5.74) is 1.72. The van der Waals surface area contributed by atoms with Crippen LogP contribution in [-0.4, -0.2) is 71.0 Å². The van der Waals surface area contributed by atoms with Gasteiger partial charge in [0.05, 0.1) is 5.25 Å². The van der Waals surface area contributed by atoms with E-state index >= 15 is 0 Å². The molecule has 5 nitrogen and oxygen atoms in total. The number of carbonyl (C=O) groups excluding carboxylic acids is 2. The molecule has 4 rings (SSSR count). The second-order valence-corrected chi connectivity index (χ2v) is 9.57. The highest BCUT2D eigenvalue weighted by Crippen LogP contribution is 2.43. The number of hydrogen-bond acceptors (Lipinski definition) is 5. The number of thiophene rings is 1. The topological polar surface area (TPSA) is 43.9 Å². The molecule has 2 aromatic rings. The monoisotopic (exact) mass is 433 g/mol. The van der Waals surface area contributed by atoms with E-state index in [0.717, 1.165) is 19.6 Å². The zero-order valence-corrected chi connectivity index (χ0v) is 17.9. The van der Waals surface area contributed by atoms with E-state index in [9.17, 15) is 14.0 Å². The van der Waals surface area contributed by atoms with Crippen LogP contribution in [0, 0.1) is 5.82 Å². The molecule has 2 amide bonds. The molecule has 0 saturated carbocycles. The average Bonchev–Trinajstić information content (AvgIpc) is 3.36. The summed E-state index contributed by atoms with van der Waals surface area (Å²) in [5, 5.41) is 4.27. The van der Waals surface area contributed by atoms with Gasteiger partial charge in [0, 0.05) is 44.8 Å². The summed E-state index contributed by atoms with van der Waals surface area (Å²) >= 11 is 3.37. The summed E-state index contributed by atoms with van der Waals surface area (Å²) in [6, 6.07) is 7.80. The highest BCUT2D eigenvalue weighted by Gasteiger charge is 2.38. The number of thioether (sulfide) groups is 1. The first kappa shape index (κ1) is 20.4. The number of carbonyl (C=O) groups is 2. The van der Waals surface area contributed by atoms with Gasteiger partial charge in [0.25, 0.3) is 5.91 Å². The minimum Gasteiger partial charge on any atom is -0.336 e. The van der Waals surface area contributed by atoms with Gasteiger partial charge in [-0.25, -0.2) is 4.39 Å². The van der Waals surface area contributed by atoms with Crippen LogP contribution in [0.25, 0.3) is 0 Å². The normalized spacial score (nSPS) is 23.0. The summed E-state index contributed by atoms with van der Waals surface area (Å²) in [4.78, 5) is 31.3. The largest absolute Gasteiger partial charge is 0.336 e. The van der Waals surface area contributed by atoms with Gasteiger partial charge in [-0.2, -0.15) is 11.3 Å². The maximum atomic E-state index is 13.1. The Morgan fingerprint density at radius 1 is 1.10 bits per heavy atom. The molecule has 3 heterocycles. The lowest BCUT2D eigenvalue weighted by Crippen LogP contribution is -2.50. The molecule has 0 radical (unpaired) electrons. The molecular formula is C21H24FN3O2S2. The molecule has 8 heteroatoms. The first-order valence-electron chi connectivity index (χ1n) is 9.78. The van der Waals surface area contributed by atoms with Crippen molar-refractivity contribution in [1.29, 1.82) is 0 Å². The number of halogens is 1. The van der Waals surface area contributed by atoms with Gasteiger partial charge < -0.3 is 9.80 Å². The molecule has 2 unspecified atom stereocenters. The molecule has 0 N–H and O–H groups in total. The van der Waals surface area contributed by atoms with Gasteiger partial charge in [-0.3, -0.25) is 14.5 Å². The number of piperazine rings is 1. The van der Waals surface area contributed by atoms with Crippen LogP contribution in [0.3, 0.4) is 0 Å². The Balaban J connectivity index is 1.30. The molecule has 2 aliphatic rings. The van der Waals surface area contributed by atoms with Crippen molar-refractivity contribution in [2.24, 2.45) is 0 Å². The van der Waals surface area contributed by atoms with Gasteiger partial charge in [-0.15, -0.1) is 11.8 Å². The molecule has 0 bridgehead atoms. The lowest BCUT2D eigenvalue weighted by molar-refractivity contribution is -0.130. The molecule has 2 saturated heterocycles. The summed E-state index contributed by atoms with van der Waals surface area (Å²) in [6.07, 6.45) is 0. The summed E-state index contributed by atoms with van der Waals surface area (Å²) in [7, 11) is 0. The lowest BCUT2D eigenvalue weighted by atomic mass is 10.1. The SMILES string of the molecule is CC1SC(c2ccsc2)N(CCN2CCN(C(=O)c3ccc(F)cc3)CC2)C1=O. The molecule has 1 aromatic heterocycles. The molecule has 1 aromatic carbocycles. The van der Waals surface area contributed by atoms with Crippen LogP contribution in [0.5, 0.6) is 0 Å². The molecule has 0 aliphatic carbocycles. The van der Waals surface area contributed by atoms with Gasteiger partial charge in [0.2, 0.25) is 5.91 Å². The maximum absolute atomic E-state index is 13.1. The van der Waals surface area contributed by atoms with Crippen LogP contribution >= 0.6 is 23.1 Å². The second-order valence-electron chi connectivity index (χ2n) is 7.36. The third-order valence-electron chi connectivity index (χ3n) is 5.48. The summed E-state index contributed by atoms with van der Waals surface area (Å²) < 4.78 is 13.1. The van der Waals surface area contributed by atoms with Crippen molar-refractivity contribution >= 4 is 34.9 Å². The number of rotatable bonds is 5. The van der Waals surface area contributed by atoms with Gasteiger partial charge in [0.1, 0.15) is 11.2 Å². The maximum Gasteiger partial charge on any atom is 0.253 e. The third kappa shape index (κ3) is 4.49. The van der Waals surface area contributed by atoms with Crippen molar-refractivity contribution in [2.45, 2.75) is 17.5 Å². The Morgan fingerprint density at radius 2 is 1.83 bits per heavy atom. The first-order valence-corrected chi connectivity index (χ1v) is 11.7. The van der Waals surface area contributed by atoms with E-state index in [1.54, 1.807) is 23.1 Å². The van der Waals surface area contributed by atoms with Crippen LogP contribution in [0.4, 0.5) is 4.39 Å². The standard InChI is InChI=1S/C21H24FN3O2S2/c1-15-19(26)25(21(29-15)17-6-13-28-14-17)12-9-23-7-10-24(11-8-23)20(27)16-2-4-18(22)5-3-16/h2-6,13-15,21H,7-12H2,1H3. The second kappa shape index (κ2) is 8.85. The molecule has 154 valence electrons. The quantitative estimate of drug-likeness (QED) is 0.726. The fourth-order valence-corrected chi connectivity index (χ4v) is 5.84. The zero-order valence-electron chi connectivity index (χ0n) is 16.3. The van der Waals surface area contributed by atoms with Crippen LogP contribution in [-0.2, 0) is 4.79 Å². The molecular weight excluding hydrogens is 409 g/mol. The fourth-order valence-electron chi connectivity index (χ4n) is 3.77. The van der Waals surface area contributed by atoms with Crippen LogP contribution in [0.15, 0.2) is 41.1 Å². The molecule has 29 heavy (non-hydrogen) atoms. The number of amides is 2. The van der Waals surface area contributed by atoms with Gasteiger partial charge in [-0.05, 0) is 53.6 Å². The van der Waals surface area contributed by atoms with Crippen molar-refractivity contribution in [3.05, 3.63) is 58.0 Å². The fraction of sp³-hybridized carbons (Fsp3) is 0.429. The Hall–Kier alpha value is -1.90. The van der Waals surface area contributed by atoms with E-state index in [2.05, 4.69) is 21.7 Å². The van der Waals surface area contributed by atoms with E-state index in [1.807, 2.05) is 16.7 Å². The molecule has 2 atom stereocenters. The van der Waals surface area contributed by atoms with E-state index in [0.29, 0.717) is 25.2 Å². The Kier molecular flexibility index (Phi) is 6.22. The Bertz CT molecular complexity index is 851. The highest BCUT2D eigenvalue weighted by molar-refractivity contribution is 8.01. The summed E-state index contributed by atoms with van der Waals surface area (Å²) in [6.45, 7) is 6.32. The van der Waals surface area contributed by atoms with E-state index in [-0.39, 0.29) is 28.3 Å². The van der Waals surface area contributed by atoms with Crippen LogP contribution in [0.2, 0.25) is 0 Å². The van der Waals surface area contributed by atoms with Crippen LogP contribution in [0.1, 0.15) is 28.2 Å². The zero-order chi connectivity index (χ0) is 20.4. The van der Waals surface area contributed by atoms with E-state index in [1.165, 1.54) is 29.8 Å². The predicted molar refractivity (Wildman–Crippen MR) is 115 cm³/mol.